The SMILES string of the molecule is CC(=O)OCCCC(O)[C@@H](Cc1ccccc1)NCC(=O)[C@@H](Cc1ccc2ccccc2c1)N(C)C(=O)/C=C/CC(C)(C)N. The Kier molecular flexibility index (Phi) is 13.3. The van der Waals surface area contributed by atoms with E-state index in [1.807, 2.05) is 80.6 Å². The summed E-state index contributed by atoms with van der Waals surface area (Å²) < 4.78 is 5.02. The Morgan fingerprint density at radius 2 is 1.66 bits per heavy atom. The van der Waals surface area contributed by atoms with Crippen LogP contribution in [-0.4, -0.2) is 71.6 Å². The number of Topliss-reactive ketones (excluding diaryl/α,β-unsaturated/α-hetero) is 1. The number of aliphatic hydroxyl groups excluding tert-OH is 1. The number of likely N-dealkylation sites (N-methyl/N-ethyl adjacent to an activating group) is 1. The van der Waals surface area contributed by atoms with E-state index in [1.54, 1.807) is 13.1 Å². The van der Waals surface area contributed by atoms with Gasteiger partial charge in [-0.05, 0) is 67.5 Å². The van der Waals surface area contributed by atoms with Gasteiger partial charge in [0.2, 0.25) is 5.91 Å². The number of ether oxygens (including phenoxy) is 1. The number of carbonyl (C=O) groups is 3. The molecular weight excluding hydrogens is 554 g/mol. The van der Waals surface area contributed by atoms with E-state index in [4.69, 9.17) is 10.5 Å². The highest BCUT2D eigenvalue weighted by Gasteiger charge is 2.28. The molecule has 236 valence electrons. The minimum absolute atomic E-state index is 0.0338. The molecule has 4 N–H and O–H groups in total. The average Bonchev–Trinajstić information content (AvgIpc) is 2.99. The maximum absolute atomic E-state index is 13.9. The number of aliphatic hydroxyl groups is 1. The van der Waals surface area contributed by atoms with Gasteiger partial charge in [-0.15, -0.1) is 0 Å². The van der Waals surface area contributed by atoms with Gasteiger partial charge in [0.25, 0.3) is 0 Å². The van der Waals surface area contributed by atoms with Crippen LogP contribution >= 0.6 is 0 Å². The summed E-state index contributed by atoms with van der Waals surface area (Å²) in [4.78, 5) is 39.7. The van der Waals surface area contributed by atoms with E-state index in [0.717, 1.165) is 21.9 Å². The average molecular weight is 602 g/mol. The first-order valence-corrected chi connectivity index (χ1v) is 15.2. The topological polar surface area (TPSA) is 122 Å². The van der Waals surface area contributed by atoms with Gasteiger partial charge in [-0.3, -0.25) is 14.4 Å². The van der Waals surface area contributed by atoms with Crippen LogP contribution in [0.1, 0.15) is 51.2 Å². The zero-order chi connectivity index (χ0) is 32.1. The van der Waals surface area contributed by atoms with Crippen LogP contribution in [0.25, 0.3) is 10.8 Å². The maximum atomic E-state index is 13.9. The largest absolute Gasteiger partial charge is 0.466 e. The second-order valence-electron chi connectivity index (χ2n) is 12.1. The van der Waals surface area contributed by atoms with Gasteiger partial charge in [0.15, 0.2) is 5.78 Å². The van der Waals surface area contributed by atoms with Crippen molar-refractivity contribution in [1.82, 2.24) is 10.2 Å². The Labute approximate surface area is 261 Å². The molecule has 3 aromatic rings. The predicted octanol–water partition coefficient (Wildman–Crippen LogP) is 4.37. The first-order chi connectivity index (χ1) is 20.9. The predicted molar refractivity (Wildman–Crippen MR) is 175 cm³/mol. The molecule has 0 aliphatic heterocycles. The first kappa shape index (κ1) is 34.6. The lowest BCUT2D eigenvalue weighted by molar-refractivity contribution is -0.141. The minimum Gasteiger partial charge on any atom is -0.466 e. The van der Waals surface area contributed by atoms with Crippen molar-refractivity contribution in [3.05, 3.63) is 96.1 Å². The summed E-state index contributed by atoms with van der Waals surface area (Å²) in [7, 11) is 1.65. The van der Waals surface area contributed by atoms with E-state index >= 15 is 0 Å². The van der Waals surface area contributed by atoms with Crippen molar-refractivity contribution >= 4 is 28.4 Å². The molecule has 0 saturated carbocycles. The van der Waals surface area contributed by atoms with E-state index in [-0.39, 0.29) is 30.8 Å². The van der Waals surface area contributed by atoms with Gasteiger partial charge in [0, 0.05) is 32.0 Å². The zero-order valence-corrected chi connectivity index (χ0v) is 26.4. The van der Waals surface area contributed by atoms with Crippen LogP contribution in [0.3, 0.4) is 0 Å². The van der Waals surface area contributed by atoms with Gasteiger partial charge in [0.05, 0.1) is 25.3 Å². The van der Waals surface area contributed by atoms with Crippen molar-refractivity contribution in [1.29, 1.82) is 0 Å². The van der Waals surface area contributed by atoms with Crippen LogP contribution in [0.2, 0.25) is 0 Å². The molecule has 8 nitrogen and oxygen atoms in total. The number of nitrogens with zero attached hydrogens (tertiary/aromatic N) is 1. The standard InChI is InChI=1S/C36H47N3O5/c1-26(40)44-21-11-16-33(41)31(23-27-12-6-5-7-13-27)38-25-34(42)32(39(4)35(43)17-10-20-36(2,3)37)24-28-18-19-29-14-8-9-15-30(29)22-28/h5-10,12-15,17-19,22,31-33,38,41H,11,16,20-21,23-25,37H2,1-4H3/b17-10+/t31-,32-,33?/m1/s1. The molecule has 0 saturated heterocycles. The summed E-state index contributed by atoms with van der Waals surface area (Å²) in [6.45, 7) is 5.32. The third kappa shape index (κ3) is 11.7. The van der Waals surface area contributed by atoms with Crippen molar-refractivity contribution in [3.8, 4) is 0 Å². The molecule has 1 unspecified atom stereocenters. The van der Waals surface area contributed by atoms with Crippen molar-refractivity contribution < 1.29 is 24.2 Å². The van der Waals surface area contributed by atoms with Crippen LogP contribution in [0.4, 0.5) is 0 Å². The molecule has 0 radical (unpaired) electrons. The fourth-order valence-corrected chi connectivity index (χ4v) is 5.06. The Morgan fingerprint density at radius 3 is 2.34 bits per heavy atom. The second-order valence-corrected chi connectivity index (χ2v) is 12.1. The van der Waals surface area contributed by atoms with Gasteiger partial charge >= 0.3 is 5.97 Å². The smallest absolute Gasteiger partial charge is 0.302 e. The van der Waals surface area contributed by atoms with Crippen LogP contribution in [0, 0.1) is 0 Å². The van der Waals surface area contributed by atoms with Crippen molar-refractivity contribution in [2.45, 2.75) is 76.6 Å². The lowest BCUT2D eigenvalue weighted by atomic mass is 9.96. The quantitative estimate of drug-likeness (QED) is 0.119. The Hall–Kier alpha value is -3.85. The molecule has 44 heavy (non-hydrogen) atoms. The zero-order valence-electron chi connectivity index (χ0n) is 26.4. The lowest BCUT2D eigenvalue weighted by Gasteiger charge is -2.29. The summed E-state index contributed by atoms with van der Waals surface area (Å²) in [5.41, 5.74) is 7.58. The van der Waals surface area contributed by atoms with Crippen molar-refractivity contribution in [3.63, 3.8) is 0 Å². The van der Waals surface area contributed by atoms with Crippen LogP contribution in [0.5, 0.6) is 0 Å². The normalized spacial score (nSPS) is 13.9. The molecule has 1 amide bonds. The molecule has 0 spiro atoms. The van der Waals surface area contributed by atoms with Crippen molar-refractivity contribution in [2.75, 3.05) is 20.2 Å². The Bertz CT molecular complexity index is 1400. The number of rotatable bonds is 17. The fraction of sp³-hybridized carbons (Fsp3) is 0.417. The van der Waals surface area contributed by atoms with E-state index in [9.17, 15) is 19.5 Å². The summed E-state index contributed by atoms with van der Waals surface area (Å²) >= 11 is 0. The van der Waals surface area contributed by atoms with E-state index < -0.39 is 23.7 Å². The highest BCUT2D eigenvalue weighted by Crippen LogP contribution is 2.19. The number of benzene rings is 3. The summed E-state index contributed by atoms with van der Waals surface area (Å²) in [6.07, 6.45) is 4.71. The highest BCUT2D eigenvalue weighted by atomic mass is 16.5. The molecule has 3 aromatic carbocycles. The first-order valence-electron chi connectivity index (χ1n) is 15.2. The van der Waals surface area contributed by atoms with E-state index in [0.29, 0.717) is 32.1 Å². The van der Waals surface area contributed by atoms with Gasteiger partial charge in [0.1, 0.15) is 0 Å². The van der Waals surface area contributed by atoms with Gasteiger partial charge < -0.3 is 25.8 Å². The molecule has 0 aromatic heterocycles. The molecule has 0 aliphatic carbocycles. The van der Waals surface area contributed by atoms with Crippen LogP contribution < -0.4 is 11.1 Å². The van der Waals surface area contributed by atoms with E-state index in [1.165, 1.54) is 17.9 Å². The van der Waals surface area contributed by atoms with Crippen LogP contribution in [0.15, 0.2) is 84.9 Å². The third-order valence-electron chi connectivity index (χ3n) is 7.59. The van der Waals surface area contributed by atoms with E-state index in [2.05, 4.69) is 11.4 Å². The minimum atomic E-state index is -0.778. The molecule has 0 fully saturated rings. The number of esters is 1. The Balaban J connectivity index is 1.79. The number of ketones is 1. The summed E-state index contributed by atoms with van der Waals surface area (Å²) in [6, 6.07) is 22.7. The lowest BCUT2D eigenvalue weighted by Crippen LogP contribution is -2.50. The fourth-order valence-electron chi connectivity index (χ4n) is 5.06. The van der Waals surface area contributed by atoms with Crippen molar-refractivity contribution in [2.24, 2.45) is 5.73 Å². The molecule has 8 heteroatoms. The molecule has 3 rings (SSSR count). The highest BCUT2D eigenvalue weighted by molar-refractivity contribution is 5.94. The molecule has 3 atom stereocenters. The monoisotopic (exact) mass is 601 g/mol. The molecule has 0 heterocycles. The summed E-state index contributed by atoms with van der Waals surface area (Å²) in [5.74, 6) is -0.798. The number of amides is 1. The molecule has 0 bridgehead atoms. The number of fused-ring (bicyclic) bond motifs is 1. The van der Waals surface area contributed by atoms with Gasteiger partial charge in [-0.1, -0.05) is 78.9 Å². The number of hydrogen-bond acceptors (Lipinski definition) is 7. The molecular formula is C36H47N3O5. The number of carbonyl (C=O) groups excluding carboxylic acids is 3. The Morgan fingerprint density at radius 1 is 0.977 bits per heavy atom. The van der Waals surface area contributed by atoms with Gasteiger partial charge in [-0.2, -0.15) is 0 Å². The maximum Gasteiger partial charge on any atom is 0.302 e. The number of nitrogens with two attached hydrogens (primary N) is 1. The summed E-state index contributed by atoms with van der Waals surface area (Å²) in [5, 5.41) is 16.5. The van der Waals surface area contributed by atoms with Crippen LogP contribution in [-0.2, 0) is 32.0 Å². The second kappa shape index (κ2) is 16.9. The van der Waals surface area contributed by atoms with Gasteiger partial charge in [-0.25, -0.2) is 0 Å². The number of nitrogens with one attached hydrogen (secondary N) is 1. The number of hydrogen-bond donors (Lipinski definition) is 3. The third-order valence-corrected chi connectivity index (χ3v) is 7.59. The molecule has 0 aliphatic rings.